The van der Waals surface area contributed by atoms with Crippen molar-refractivity contribution >= 4 is 11.9 Å². The summed E-state index contributed by atoms with van der Waals surface area (Å²) in [5, 5.41) is 9.25. The van der Waals surface area contributed by atoms with Gasteiger partial charge >= 0.3 is 5.97 Å². The van der Waals surface area contributed by atoms with E-state index in [0.29, 0.717) is 24.9 Å². The van der Waals surface area contributed by atoms with Gasteiger partial charge in [-0.3, -0.25) is 4.79 Å². The number of hydrogen-bond donors (Lipinski definition) is 1. The van der Waals surface area contributed by atoms with Crippen molar-refractivity contribution in [2.45, 2.75) is 57.9 Å². The lowest BCUT2D eigenvalue weighted by molar-refractivity contribution is -0.128. The van der Waals surface area contributed by atoms with Crippen LogP contribution in [0.3, 0.4) is 0 Å². The first-order valence-corrected chi connectivity index (χ1v) is 9.57. The van der Waals surface area contributed by atoms with Crippen molar-refractivity contribution in [1.82, 2.24) is 4.90 Å². The summed E-state index contributed by atoms with van der Waals surface area (Å²) < 4.78 is 0. The highest BCUT2D eigenvalue weighted by Crippen LogP contribution is 2.21. The minimum absolute atomic E-state index is 0.160. The van der Waals surface area contributed by atoms with Crippen molar-refractivity contribution in [3.8, 4) is 0 Å². The Kier molecular flexibility index (Phi) is 8.13. The highest BCUT2D eigenvalue weighted by atomic mass is 16.4. The van der Waals surface area contributed by atoms with Gasteiger partial charge in [-0.1, -0.05) is 62.3 Å². The van der Waals surface area contributed by atoms with Gasteiger partial charge in [0.1, 0.15) is 0 Å². The minimum Gasteiger partial charge on any atom is -0.478 e. The molecule has 1 heterocycles. The Morgan fingerprint density at radius 1 is 1.27 bits per heavy atom. The van der Waals surface area contributed by atoms with Crippen LogP contribution >= 0.6 is 0 Å². The van der Waals surface area contributed by atoms with Crippen molar-refractivity contribution in [1.29, 1.82) is 0 Å². The van der Waals surface area contributed by atoms with E-state index in [4.69, 9.17) is 0 Å². The van der Waals surface area contributed by atoms with Crippen LogP contribution in [0.15, 0.2) is 48.6 Å². The Hall–Kier alpha value is -2.36. The van der Waals surface area contributed by atoms with Crippen LogP contribution in [0.25, 0.3) is 0 Å². The molecule has 1 aromatic rings. The van der Waals surface area contributed by atoms with Gasteiger partial charge < -0.3 is 10.0 Å². The summed E-state index contributed by atoms with van der Waals surface area (Å²) in [6, 6.07) is 7.25. The maximum Gasteiger partial charge on any atom is 0.335 e. The molecule has 1 saturated heterocycles. The third-order valence-electron chi connectivity index (χ3n) is 4.77. The minimum atomic E-state index is -0.895. The number of carboxylic acids is 1. The lowest BCUT2D eigenvalue weighted by atomic mass is 10.0. The zero-order valence-corrected chi connectivity index (χ0v) is 15.6. The molecule has 1 aromatic carbocycles. The van der Waals surface area contributed by atoms with Crippen LogP contribution in [0.4, 0.5) is 0 Å². The number of carboxylic acid groups (broad SMARTS) is 1. The van der Waals surface area contributed by atoms with Gasteiger partial charge in [0, 0.05) is 13.0 Å². The fourth-order valence-electron chi connectivity index (χ4n) is 3.32. The van der Waals surface area contributed by atoms with Gasteiger partial charge in [-0.25, -0.2) is 4.79 Å². The number of allylic oxidation sites excluding steroid dienone is 3. The molecule has 1 N–H and O–H groups in total. The molecule has 0 aliphatic carbocycles. The predicted octanol–water partition coefficient (Wildman–Crippen LogP) is 4.61. The van der Waals surface area contributed by atoms with Crippen LogP contribution in [0, 0.1) is 0 Å². The lowest BCUT2D eigenvalue weighted by Crippen LogP contribution is -2.32. The van der Waals surface area contributed by atoms with E-state index >= 15 is 0 Å². The maximum absolute atomic E-state index is 12.2. The molecule has 26 heavy (non-hydrogen) atoms. The zero-order valence-electron chi connectivity index (χ0n) is 15.6. The normalized spacial score (nSPS) is 17.7. The fourth-order valence-corrected chi connectivity index (χ4v) is 3.32. The molecule has 140 valence electrons. The molecule has 4 nitrogen and oxygen atoms in total. The molecule has 0 spiro atoms. The highest BCUT2D eigenvalue weighted by Gasteiger charge is 2.28. The number of hydrogen-bond acceptors (Lipinski definition) is 2. The predicted molar refractivity (Wildman–Crippen MR) is 104 cm³/mol. The molecule has 4 heteroatoms. The summed E-state index contributed by atoms with van der Waals surface area (Å²) in [6.45, 7) is 2.85. The summed E-state index contributed by atoms with van der Waals surface area (Å²) in [4.78, 5) is 25.4. The topological polar surface area (TPSA) is 57.6 Å². The van der Waals surface area contributed by atoms with E-state index < -0.39 is 5.97 Å². The molecule has 0 radical (unpaired) electrons. The number of nitrogens with zero attached hydrogens (tertiary/aromatic N) is 1. The van der Waals surface area contributed by atoms with Gasteiger partial charge in [-0.15, -0.1) is 0 Å². The van der Waals surface area contributed by atoms with E-state index in [1.807, 2.05) is 23.1 Å². The number of aromatic carboxylic acids is 1. The molecule has 1 fully saturated rings. The third-order valence-corrected chi connectivity index (χ3v) is 4.77. The molecule has 1 aliphatic rings. The summed E-state index contributed by atoms with van der Waals surface area (Å²) in [5.74, 6) is -0.699. The monoisotopic (exact) mass is 355 g/mol. The molecule has 1 aliphatic heterocycles. The standard InChI is InChI=1S/C22H29NO3/c1-2-3-4-5-6-7-13-19-15-16-21(24)23(19)17-10-12-18-11-8-9-14-20(18)22(25)26/h5-9,11,13-14,19H,2-4,10,12,15-17H2,1H3,(H,25,26)/b6-5+,13-7+/t19-/m0/s1. The molecule has 0 aromatic heterocycles. The average molecular weight is 355 g/mol. The molecule has 0 unspecified atom stereocenters. The van der Waals surface area contributed by atoms with Gasteiger partial charge in [0.05, 0.1) is 11.6 Å². The van der Waals surface area contributed by atoms with Crippen LogP contribution in [0.5, 0.6) is 0 Å². The summed E-state index contributed by atoms with van der Waals surface area (Å²) in [5.41, 5.74) is 1.19. The van der Waals surface area contributed by atoms with Crippen molar-refractivity contribution in [2.75, 3.05) is 6.54 Å². The van der Waals surface area contributed by atoms with Crippen molar-refractivity contribution in [3.05, 3.63) is 59.7 Å². The molecule has 1 atom stereocenters. The fraction of sp³-hybridized carbons (Fsp3) is 0.455. The van der Waals surface area contributed by atoms with E-state index in [2.05, 4.69) is 25.2 Å². The zero-order chi connectivity index (χ0) is 18.8. The Morgan fingerprint density at radius 3 is 2.85 bits per heavy atom. The Bertz CT molecular complexity index is 663. The van der Waals surface area contributed by atoms with E-state index in [1.165, 1.54) is 12.8 Å². The van der Waals surface area contributed by atoms with Crippen molar-refractivity contribution in [3.63, 3.8) is 0 Å². The van der Waals surface area contributed by atoms with E-state index in [-0.39, 0.29) is 11.9 Å². The highest BCUT2D eigenvalue weighted by molar-refractivity contribution is 5.89. The second-order valence-electron chi connectivity index (χ2n) is 6.71. The van der Waals surface area contributed by atoms with Crippen LogP contribution < -0.4 is 0 Å². The number of rotatable bonds is 10. The first kappa shape index (κ1) is 20.0. The molecular formula is C22H29NO3. The number of carbonyl (C=O) groups excluding carboxylic acids is 1. The van der Waals surface area contributed by atoms with Crippen LogP contribution in [-0.2, 0) is 11.2 Å². The molecule has 0 saturated carbocycles. The van der Waals surface area contributed by atoms with Gasteiger partial charge in [-0.05, 0) is 37.3 Å². The second kappa shape index (κ2) is 10.6. The third kappa shape index (κ3) is 5.87. The lowest BCUT2D eigenvalue weighted by Gasteiger charge is -2.22. The Morgan fingerprint density at radius 2 is 2.08 bits per heavy atom. The van der Waals surface area contributed by atoms with Crippen molar-refractivity contribution in [2.24, 2.45) is 0 Å². The van der Waals surface area contributed by atoms with E-state index in [1.54, 1.807) is 12.1 Å². The number of carbonyl (C=O) groups is 2. The summed E-state index contributed by atoms with van der Waals surface area (Å²) >= 11 is 0. The molecular weight excluding hydrogens is 326 g/mol. The smallest absolute Gasteiger partial charge is 0.335 e. The number of aryl methyl sites for hydroxylation is 1. The van der Waals surface area contributed by atoms with Gasteiger partial charge in [0.15, 0.2) is 0 Å². The first-order valence-electron chi connectivity index (χ1n) is 9.57. The number of benzene rings is 1. The SMILES string of the molecule is CCCC/C=C/C=C/[C@H]1CCC(=O)N1CCCc1ccccc1C(=O)O. The average Bonchev–Trinajstić information content (AvgIpc) is 2.98. The van der Waals surface area contributed by atoms with Crippen LogP contribution in [0.1, 0.15) is 61.4 Å². The van der Waals surface area contributed by atoms with E-state index in [9.17, 15) is 14.7 Å². The van der Waals surface area contributed by atoms with Gasteiger partial charge in [-0.2, -0.15) is 0 Å². The van der Waals surface area contributed by atoms with Crippen molar-refractivity contribution < 1.29 is 14.7 Å². The number of amides is 1. The number of unbranched alkanes of at least 4 members (excludes halogenated alkanes) is 2. The molecule has 0 bridgehead atoms. The largest absolute Gasteiger partial charge is 0.478 e. The Balaban J connectivity index is 1.87. The van der Waals surface area contributed by atoms with Gasteiger partial charge in [0.25, 0.3) is 0 Å². The molecule has 1 amide bonds. The second-order valence-corrected chi connectivity index (χ2v) is 6.71. The van der Waals surface area contributed by atoms with Crippen LogP contribution in [0.2, 0.25) is 0 Å². The Labute approximate surface area is 156 Å². The van der Waals surface area contributed by atoms with E-state index in [0.717, 1.165) is 24.8 Å². The molecule has 2 rings (SSSR count). The first-order chi connectivity index (χ1) is 12.6. The quantitative estimate of drug-likeness (QED) is 0.492. The van der Waals surface area contributed by atoms with Crippen LogP contribution in [-0.4, -0.2) is 34.5 Å². The van der Waals surface area contributed by atoms with Gasteiger partial charge in [0.2, 0.25) is 5.91 Å². The summed E-state index contributed by atoms with van der Waals surface area (Å²) in [7, 11) is 0. The summed E-state index contributed by atoms with van der Waals surface area (Å²) in [6.07, 6.45) is 14.8. The number of likely N-dealkylation sites (tertiary alicyclic amines) is 1. The maximum atomic E-state index is 12.2.